The third-order valence-corrected chi connectivity index (χ3v) is 5.98. The lowest BCUT2D eigenvalue weighted by Gasteiger charge is -2.19. The van der Waals surface area contributed by atoms with E-state index >= 15 is 0 Å². The summed E-state index contributed by atoms with van der Waals surface area (Å²) >= 11 is 1.63. The molecule has 2 amide bonds. The summed E-state index contributed by atoms with van der Waals surface area (Å²) in [4.78, 5) is 31.3. The molecule has 7 heteroatoms. The van der Waals surface area contributed by atoms with Crippen molar-refractivity contribution in [2.45, 2.75) is 19.9 Å². The predicted octanol–water partition coefficient (Wildman–Crippen LogP) is 3.80. The number of aromatic nitrogens is 1. The molecular weight excluding hydrogens is 398 g/mol. The fourth-order valence-electron chi connectivity index (χ4n) is 3.59. The number of rotatable bonds is 6. The summed E-state index contributed by atoms with van der Waals surface area (Å²) in [6, 6.07) is 15.4. The zero-order valence-electron chi connectivity index (χ0n) is 16.9. The summed E-state index contributed by atoms with van der Waals surface area (Å²) in [7, 11) is 1.57. The van der Waals surface area contributed by atoms with Crippen LogP contribution < -0.4 is 15.0 Å². The fraction of sp³-hybridized carbons (Fsp3) is 0.261. The van der Waals surface area contributed by atoms with Crippen molar-refractivity contribution in [1.29, 1.82) is 0 Å². The van der Waals surface area contributed by atoms with Crippen LogP contribution in [0.15, 0.2) is 53.9 Å². The first-order valence-electron chi connectivity index (χ1n) is 9.77. The third kappa shape index (κ3) is 4.21. The molecular formula is C23H23N3O3S. The first-order valence-corrected chi connectivity index (χ1v) is 10.7. The molecule has 4 rings (SSSR count). The van der Waals surface area contributed by atoms with Gasteiger partial charge in [0.1, 0.15) is 5.75 Å². The van der Waals surface area contributed by atoms with E-state index in [1.165, 1.54) is 0 Å². The van der Waals surface area contributed by atoms with E-state index in [1.54, 1.807) is 23.3 Å². The Labute approximate surface area is 179 Å². The van der Waals surface area contributed by atoms with Crippen LogP contribution in [0.25, 0.3) is 11.3 Å². The number of thiazole rings is 1. The zero-order valence-corrected chi connectivity index (χ0v) is 17.7. The average Bonchev–Trinajstić information content (AvgIpc) is 3.38. The molecule has 1 fully saturated rings. The molecule has 0 spiro atoms. The van der Waals surface area contributed by atoms with Crippen LogP contribution in [-0.4, -0.2) is 30.5 Å². The van der Waals surface area contributed by atoms with E-state index < -0.39 is 0 Å². The number of carbonyl (C=O) groups excluding carboxylic acids is 2. The van der Waals surface area contributed by atoms with Gasteiger partial charge in [0.25, 0.3) is 0 Å². The fourth-order valence-corrected chi connectivity index (χ4v) is 4.21. The normalized spacial score (nSPS) is 16.0. The summed E-state index contributed by atoms with van der Waals surface area (Å²) in [5, 5.41) is 6.04. The average molecular weight is 422 g/mol. The van der Waals surface area contributed by atoms with Crippen LogP contribution in [0.4, 0.5) is 5.69 Å². The highest BCUT2D eigenvalue weighted by Crippen LogP contribution is 2.32. The number of nitrogens with one attached hydrogen (secondary N) is 1. The Morgan fingerprint density at radius 2 is 2.00 bits per heavy atom. The molecule has 154 valence electrons. The van der Waals surface area contributed by atoms with Crippen molar-refractivity contribution in [3.8, 4) is 17.0 Å². The molecule has 1 unspecified atom stereocenters. The molecule has 1 aliphatic rings. The standard InChI is InChI=1S/C23H23N3O3S/c1-15-25-19(14-30-15)17-9-7-16(8-10-17)12-24-23(28)18-11-22(27)26(13-18)20-5-3-4-6-21(20)29-2/h3-10,14,18H,11-13H2,1-2H3,(H,24,28). The molecule has 1 N–H and O–H groups in total. The summed E-state index contributed by atoms with van der Waals surface area (Å²) < 4.78 is 5.35. The second kappa shape index (κ2) is 8.67. The van der Waals surface area contributed by atoms with Crippen LogP contribution in [0, 0.1) is 12.8 Å². The zero-order chi connectivity index (χ0) is 21.1. The molecule has 0 aliphatic carbocycles. The van der Waals surface area contributed by atoms with Gasteiger partial charge < -0.3 is 15.0 Å². The number of methoxy groups -OCH3 is 1. The highest BCUT2D eigenvalue weighted by atomic mass is 32.1. The molecule has 1 saturated heterocycles. The minimum absolute atomic E-state index is 0.0671. The summed E-state index contributed by atoms with van der Waals surface area (Å²) in [5.41, 5.74) is 3.73. The van der Waals surface area contributed by atoms with Crippen molar-refractivity contribution < 1.29 is 14.3 Å². The molecule has 1 atom stereocenters. The number of para-hydroxylation sites is 2. The number of nitrogens with zero attached hydrogens (tertiary/aromatic N) is 2. The highest BCUT2D eigenvalue weighted by molar-refractivity contribution is 7.09. The third-order valence-electron chi connectivity index (χ3n) is 5.21. The Balaban J connectivity index is 1.36. The smallest absolute Gasteiger partial charge is 0.227 e. The van der Waals surface area contributed by atoms with Crippen molar-refractivity contribution >= 4 is 28.8 Å². The van der Waals surface area contributed by atoms with Crippen molar-refractivity contribution in [2.75, 3.05) is 18.6 Å². The Bertz CT molecular complexity index is 1060. The Morgan fingerprint density at radius 3 is 2.70 bits per heavy atom. The number of carbonyl (C=O) groups is 2. The van der Waals surface area contributed by atoms with Gasteiger partial charge in [-0.25, -0.2) is 4.98 Å². The van der Waals surface area contributed by atoms with E-state index in [0.717, 1.165) is 21.8 Å². The monoisotopic (exact) mass is 421 g/mol. The van der Waals surface area contributed by atoms with Gasteiger partial charge in [-0.05, 0) is 24.6 Å². The van der Waals surface area contributed by atoms with Gasteiger partial charge in [-0.2, -0.15) is 0 Å². The summed E-state index contributed by atoms with van der Waals surface area (Å²) in [6.07, 6.45) is 0.200. The van der Waals surface area contributed by atoms with Crippen LogP contribution in [-0.2, 0) is 16.1 Å². The first-order chi connectivity index (χ1) is 14.5. The topological polar surface area (TPSA) is 71.5 Å². The minimum Gasteiger partial charge on any atom is -0.495 e. The van der Waals surface area contributed by atoms with Crippen LogP contribution >= 0.6 is 11.3 Å². The van der Waals surface area contributed by atoms with Crippen LogP contribution in [0.3, 0.4) is 0 Å². The maximum Gasteiger partial charge on any atom is 0.227 e. The molecule has 30 heavy (non-hydrogen) atoms. The van der Waals surface area contributed by atoms with Crippen LogP contribution in [0.2, 0.25) is 0 Å². The van der Waals surface area contributed by atoms with Gasteiger partial charge in [0, 0.05) is 30.5 Å². The highest BCUT2D eigenvalue weighted by Gasteiger charge is 2.36. The number of ether oxygens (including phenoxy) is 1. The molecule has 2 heterocycles. The lowest BCUT2D eigenvalue weighted by atomic mass is 10.1. The van der Waals surface area contributed by atoms with Crippen LogP contribution in [0.1, 0.15) is 17.0 Å². The van der Waals surface area contributed by atoms with Gasteiger partial charge in [-0.15, -0.1) is 11.3 Å². The molecule has 6 nitrogen and oxygen atoms in total. The maximum atomic E-state index is 12.7. The van der Waals surface area contributed by atoms with Crippen molar-refractivity contribution in [3.63, 3.8) is 0 Å². The summed E-state index contributed by atoms with van der Waals surface area (Å²) in [5.74, 6) is 0.0736. The number of aryl methyl sites for hydroxylation is 1. The van der Waals surface area contributed by atoms with Gasteiger partial charge in [0.2, 0.25) is 11.8 Å². The molecule has 0 saturated carbocycles. The summed E-state index contributed by atoms with van der Waals surface area (Å²) in [6.45, 7) is 2.77. The molecule has 3 aromatic rings. The van der Waals surface area contributed by atoms with E-state index in [9.17, 15) is 9.59 Å². The number of anilines is 1. The Hall–Kier alpha value is -3.19. The Morgan fingerprint density at radius 1 is 1.23 bits per heavy atom. The lowest BCUT2D eigenvalue weighted by molar-refractivity contribution is -0.126. The lowest BCUT2D eigenvalue weighted by Crippen LogP contribution is -2.32. The van der Waals surface area contributed by atoms with Gasteiger partial charge in [-0.3, -0.25) is 9.59 Å². The molecule has 2 aromatic carbocycles. The largest absolute Gasteiger partial charge is 0.495 e. The van der Waals surface area contributed by atoms with E-state index in [0.29, 0.717) is 24.5 Å². The van der Waals surface area contributed by atoms with Gasteiger partial charge in [0.15, 0.2) is 0 Å². The first kappa shape index (κ1) is 20.1. The maximum absolute atomic E-state index is 12.7. The predicted molar refractivity (Wildman–Crippen MR) is 118 cm³/mol. The van der Waals surface area contributed by atoms with Crippen LogP contribution in [0.5, 0.6) is 5.75 Å². The van der Waals surface area contributed by atoms with E-state index in [-0.39, 0.29) is 24.2 Å². The number of benzene rings is 2. The van der Waals surface area contributed by atoms with Gasteiger partial charge >= 0.3 is 0 Å². The van der Waals surface area contributed by atoms with Crippen molar-refractivity contribution in [3.05, 3.63) is 64.5 Å². The van der Waals surface area contributed by atoms with E-state index in [2.05, 4.69) is 10.3 Å². The molecule has 1 aromatic heterocycles. The van der Waals surface area contributed by atoms with Crippen molar-refractivity contribution in [1.82, 2.24) is 10.3 Å². The Kier molecular flexibility index (Phi) is 5.81. The second-order valence-corrected chi connectivity index (χ2v) is 8.31. The number of hydrogen-bond donors (Lipinski definition) is 1. The molecule has 0 bridgehead atoms. The molecule has 1 aliphatic heterocycles. The quantitative estimate of drug-likeness (QED) is 0.657. The SMILES string of the molecule is COc1ccccc1N1CC(C(=O)NCc2ccc(-c3csc(C)n3)cc2)CC1=O. The number of amides is 2. The van der Waals surface area contributed by atoms with E-state index in [1.807, 2.05) is 60.8 Å². The van der Waals surface area contributed by atoms with Crippen molar-refractivity contribution in [2.24, 2.45) is 5.92 Å². The van der Waals surface area contributed by atoms with E-state index in [4.69, 9.17) is 4.74 Å². The minimum atomic E-state index is -0.375. The van der Waals surface area contributed by atoms with Gasteiger partial charge in [-0.1, -0.05) is 36.4 Å². The number of hydrogen-bond acceptors (Lipinski definition) is 5. The molecule has 0 radical (unpaired) electrons. The second-order valence-electron chi connectivity index (χ2n) is 7.24. The van der Waals surface area contributed by atoms with Gasteiger partial charge in [0.05, 0.1) is 29.4 Å².